The van der Waals surface area contributed by atoms with Crippen LogP contribution in [0.5, 0.6) is 0 Å². The highest BCUT2D eigenvalue weighted by Gasteiger charge is 2.19. The number of nitrogens with two attached hydrogens (primary N) is 1. The lowest BCUT2D eigenvalue weighted by Crippen LogP contribution is -2.40. The molecule has 0 heterocycles. The molecule has 0 aliphatic carbocycles. The number of nitrogens with one attached hydrogen (secondary N) is 1. The van der Waals surface area contributed by atoms with Crippen molar-refractivity contribution in [1.29, 1.82) is 0 Å². The molecular formula is C12H16N2O3. The number of benzene rings is 1. The molecule has 1 amide bonds. The zero-order chi connectivity index (χ0) is 13.0. The van der Waals surface area contributed by atoms with Gasteiger partial charge in [0.05, 0.1) is 17.3 Å². The van der Waals surface area contributed by atoms with Crippen LogP contribution >= 0.6 is 0 Å². The first-order valence-corrected chi connectivity index (χ1v) is 5.32. The van der Waals surface area contributed by atoms with Gasteiger partial charge < -0.3 is 16.2 Å². The van der Waals surface area contributed by atoms with E-state index in [9.17, 15) is 9.59 Å². The second-order valence-corrected chi connectivity index (χ2v) is 4.11. The fourth-order valence-corrected chi connectivity index (χ4v) is 1.30. The monoisotopic (exact) mass is 236 g/mol. The van der Waals surface area contributed by atoms with Gasteiger partial charge in [-0.1, -0.05) is 26.0 Å². The topological polar surface area (TPSA) is 92.4 Å². The Morgan fingerprint density at radius 3 is 2.41 bits per heavy atom. The number of hydrogen-bond donors (Lipinski definition) is 3. The third kappa shape index (κ3) is 3.29. The second kappa shape index (κ2) is 5.45. The van der Waals surface area contributed by atoms with Gasteiger partial charge in [0.1, 0.15) is 0 Å². The summed E-state index contributed by atoms with van der Waals surface area (Å²) < 4.78 is 0. The minimum atomic E-state index is -1.08. The first-order valence-electron chi connectivity index (χ1n) is 5.32. The number of aromatic carboxylic acids is 1. The van der Waals surface area contributed by atoms with Gasteiger partial charge in [0, 0.05) is 0 Å². The predicted octanol–water partition coefficient (Wildman–Crippen LogP) is 1.31. The first-order chi connectivity index (χ1) is 7.93. The summed E-state index contributed by atoms with van der Waals surface area (Å²) in [5.41, 5.74) is 5.99. The summed E-state index contributed by atoms with van der Waals surface area (Å²) in [6, 6.07) is 5.56. The van der Waals surface area contributed by atoms with Gasteiger partial charge in [-0.15, -0.1) is 0 Å². The predicted molar refractivity (Wildman–Crippen MR) is 64.8 cm³/mol. The van der Waals surface area contributed by atoms with Crippen molar-refractivity contribution in [3.63, 3.8) is 0 Å². The molecule has 0 aliphatic heterocycles. The molecular weight excluding hydrogens is 220 g/mol. The lowest BCUT2D eigenvalue weighted by atomic mass is 10.0. The van der Waals surface area contributed by atoms with Gasteiger partial charge >= 0.3 is 5.97 Å². The lowest BCUT2D eigenvalue weighted by Gasteiger charge is -2.16. The van der Waals surface area contributed by atoms with Crippen molar-refractivity contribution >= 4 is 17.6 Å². The highest BCUT2D eigenvalue weighted by molar-refractivity contribution is 6.02. The summed E-state index contributed by atoms with van der Waals surface area (Å²) in [4.78, 5) is 22.6. The van der Waals surface area contributed by atoms with Gasteiger partial charge in [0.25, 0.3) is 0 Å². The average Bonchev–Trinajstić information content (AvgIpc) is 2.28. The van der Waals surface area contributed by atoms with Crippen LogP contribution in [0.1, 0.15) is 24.2 Å². The van der Waals surface area contributed by atoms with E-state index in [0.717, 1.165) is 0 Å². The van der Waals surface area contributed by atoms with E-state index in [1.54, 1.807) is 12.1 Å². The van der Waals surface area contributed by atoms with Crippen molar-refractivity contribution in [1.82, 2.24) is 0 Å². The summed E-state index contributed by atoms with van der Waals surface area (Å²) in [7, 11) is 0. The standard InChI is InChI=1S/C12H16N2O3/c1-7(2)10(13)11(15)14-9-6-4-3-5-8(9)12(16)17/h3-7,10H,13H2,1-2H3,(H,14,15)(H,16,17). The third-order valence-corrected chi connectivity index (χ3v) is 2.44. The molecule has 0 radical (unpaired) electrons. The van der Waals surface area contributed by atoms with E-state index in [1.807, 2.05) is 13.8 Å². The van der Waals surface area contributed by atoms with Crippen molar-refractivity contribution in [2.75, 3.05) is 5.32 Å². The van der Waals surface area contributed by atoms with Gasteiger partial charge in [-0.25, -0.2) is 4.79 Å². The van der Waals surface area contributed by atoms with Gasteiger partial charge in [-0.2, -0.15) is 0 Å². The van der Waals surface area contributed by atoms with Crippen LogP contribution in [0.15, 0.2) is 24.3 Å². The maximum atomic E-state index is 11.7. The molecule has 5 nitrogen and oxygen atoms in total. The fraction of sp³-hybridized carbons (Fsp3) is 0.333. The number of anilines is 1. The Kier molecular flexibility index (Phi) is 4.23. The van der Waals surface area contributed by atoms with Gasteiger partial charge in [0.15, 0.2) is 0 Å². The summed E-state index contributed by atoms with van der Waals surface area (Å²) in [5.74, 6) is -1.47. The Labute approximate surface area is 99.6 Å². The Hall–Kier alpha value is -1.88. The number of para-hydroxylation sites is 1. The summed E-state index contributed by atoms with van der Waals surface area (Å²) in [6.45, 7) is 3.65. The SMILES string of the molecule is CC(C)C(N)C(=O)Nc1ccccc1C(=O)O. The highest BCUT2D eigenvalue weighted by atomic mass is 16.4. The number of carbonyl (C=O) groups is 2. The van der Waals surface area contributed by atoms with Crippen molar-refractivity contribution in [3.8, 4) is 0 Å². The van der Waals surface area contributed by atoms with Crippen LogP contribution in [-0.2, 0) is 4.79 Å². The van der Waals surface area contributed by atoms with Crippen LogP contribution in [0, 0.1) is 5.92 Å². The minimum Gasteiger partial charge on any atom is -0.478 e. The van der Waals surface area contributed by atoms with Crippen LogP contribution in [0.3, 0.4) is 0 Å². The Balaban J connectivity index is 2.89. The number of carbonyl (C=O) groups excluding carboxylic acids is 1. The number of carboxylic acid groups (broad SMARTS) is 1. The number of carboxylic acids is 1. The van der Waals surface area contributed by atoms with Gasteiger partial charge in [0.2, 0.25) is 5.91 Å². The number of hydrogen-bond acceptors (Lipinski definition) is 3. The van der Waals surface area contributed by atoms with Crippen LogP contribution in [0.2, 0.25) is 0 Å². The van der Waals surface area contributed by atoms with E-state index < -0.39 is 12.0 Å². The molecule has 17 heavy (non-hydrogen) atoms. The molecule has 1 aromatic rings. The molecule has 0 saturated carbocycles. The molecule has 0 bridgehead atoms. The maximum absolute atomic E-state index is 11.7. The lowest BCUT2D eigenvalue weighted by molar-refractivity contribution is -0.118. The molecule has 1 unspecified atom stereocenters. The van der Waals surface area contributed by atoms with E-state index in [2.05, 4.69) is 5.32 Å². The molecule has 0 aliphatic rings. The van der Waals surface area contributed by atoms with E-state index in [-0.39, 0.29) is 23.1 Å². The highest BCUT2D eigenvalue weighted by Crippen LogP contribution is 2.15. The molecule has 92 valence electrons. The molecule has 0 aromatic heterocycles. The molecule has 1 rings (SSSR count). The largest absolute Gasteiger partial charge is 0.478 e. The third-order valence-electron chi connectivity index (χ3n) is 2.44. The maximum Gasteiger partial charge on any atom is 0.337 e. The number of rotatable bonds is 4. The smallest absolute Gasteiger partial charge is 0.337 e. The van der Waals surface area contributed by atoms with Crippen LogP contribution in [0.25, 0.3) is 0 Å². The quantitative estimate of drug-likeness (QED) is 0.734. The van der Waals surface area contributed by atoms with Crippen LogP contribution < -0.4 is 11.1 Å². The molecule has 1 aromatic carbocycles. The van der Waals surface area contributed by atoms with Crippen LogP contribution in [0.4, 0.5) is 5.69 Å². The Bertz CT molecular complexity index is 430. The summed E-state index contributed by atoms with van der Waals surface area (Å²) in [6.07, 6.45) is 0. The zero-order valence-corrected chi connectivity index (χ0v) is 9.81. The van der Waals surface area contributed by atoms with Crippen molar-refractivity contribution in [3.05, 3.63) is 29.8 Å². The first kappa shape index (κ1) is 13.2. The van der Waals surface area contributed by atoms with Crippen LogP contribution in [-0.4, -0.2) is 23.0 Å². The van der Waals surface area contributed by atoms with Crippen molar-refractivity contribution < 1.29 is 14.7 Å². The van der Waals surface area contributed by atoms with Crippen molar-refractivity contribution in [2.24, 2.45) is 11.7 Å². The molecule has 4 N–H and O–H groups in total. The number of amides is 1. The van der Waals surface area contributed by atoms with E-state index in [1.165, 1.54) is 12.1 Å². The Morgan fingerprint density at radius 1 is 1.29 bits per heavy atom. The van der Waals surface area contributed by atoms with Gasteiger partial charge in [-0.3, -0.25) is 4.79 Å². The molecule has 0 spiro atoms. The van der Waals surface area contributed by atoms with E-state index >= 15 is 0 Å². The minimum absolute atomic E-state index is 0.00742. The van der Waals surface area contributed by atoms with Gasteiger partial charge in [-0.05, 0) is 18.1 Å². The second-order valence-electron chi connectivity index (χ2n) is 4.11. The molecule has 1 atom stereocenters. The fourth-order valence-electron chi connectivity index (χ4n) is 1.30. The summed E-state index contributed by atoms with van der Waals surface area (Å²) >= 11 is 0. The Morgan fingerprint density at radius 2 is 1.88 bits per heavy atom. The van der Waals surface area contributed by atoms with E-state index in [4.69, 9.17) is 10.8 Å². The molecule has 0 fully saturated rings. The molecule has 5 heteroatoms. The summed E-state index contributed by atoms with van der Waals surface area (Å²) in [5, 5.41) is 11.5. The normalized spacial score (nSPS) is 12.2. The van der Waals surface area contributed by atoms with E-state index in [0.29, 0.717) is 0 Å². The zero-order valence-electron chi connectivity index (χ0n) is 9.81. The average molecular weight is 236 g/mol. The molecule has 0 saturated heterocycles. The van der Waals surface area contributed by atoms with Crippen molar-refractivity contribution in [2.45, 2.75) is 19.9 Å².